The number of halogens is 4. The summed E-state index contributed by atoms with van der Waals surface area (Å²) in [6, 6.07) is 3.05. The minimum atomic E-state index is -4.52. The van der Waals surface area contributed by atoms with Gasteiger partial charge in [-0.15, -0.1) is 0 Å². The number of carbonyl (C=O) groups is 1. The topological polar surface area (TPSA) is 46.3 Å². The molecule has 112 valence electrons. The van der Waals surface area contributed by atoms with Gasteiger partial charge in [0.15, 0.2) is 0 Å². The summed E-state index contributed by atoms with van der Waals surface area (Å²) in [5.74, 6) is -1.80. The Kier molecular flexibility index (Phi) is 4.97. The summed E-state index contributed by atoms with van der Waals surface area (Å²) in [6.07, 6.45) is -4.52. The van der Waals surface area contributed by atoms with Crippen LogP contribution < -0.4 is 5.73 Å². The van der Waals surface area contributed by atoms with Crippen molar-refractivity contribution < 1.29 is 22.4 Å². The molecule has 0 spiro atoms. The number of amides is 1. The number of anilines is 1. The largest absolute Gasteiger partial charge is 0.406 e. The van der Waals surface area contributed by atoms with E-state index in [0.717, 1.165) is 18.2 Å². The molecule has 1 aromatic rings. The van der Waals surface area contributed by atoms with Crippen molar-refractivity contribution >= 4 is 11.6 Å². The van der Waals surface area contributed by atoms with Crippen LogP contribution in [-0.2, 0) is 0 Å². The highest BCUT2D eigenvalue weighted by Gasteiger charge is 2.34. The maximum Gasteiger partial charge on any atom is 0.406 e. The molecule has 0 saturated heterocycles. The van der Waals surface area contributed by atoms with Gasteiger partial charge in [-0.2, -0.15) is 13.2 Å². The third kappa shape index (κ3) is 4.71. The predicted molar refractivity (Wildman–Crippen MR) is 67.6 cm³/mol. The second-order valence-corrected chi connectivity index (χ2v) is 4.93. The number of hydrogen-bond acceptors (Lipinski definition) is 2. The monoisotopic (exact) mass is 292 g/mol. The number of hydrogen-bond donors (Lipinski definition) is 1. The highest BCUT2D eigenvalue weighted by molar-refractivity contribution is 5.99. The van der Waals surface area contributed by atoms with E-state index in [1.54, 1.807) is 13.8 Å². The number of nitrogens with two attached hydrogens (primary N) is 1. The Balaban J connectivity index is 3.06. The van der Waals surface area contributed by atoms with Crippen LogP contribution in [0.3, 0.4) is 0 Å². The van der Waals surface area contributed by atoms with Crippen LogP contribution in [0.25, 0.3) is 0 Å². The lowest BCUT2D eigenvalue weighted by Gasteiger charge is -2.26. The van der Waals surface area contributed by atoms with Gasteiger partial charge in [-0.25, -0.2) is 4.39 Å². The predicted octanol–water partition coefficient (Wildman–Crippen LogP) is 3.07. The zero-order valence-electron chi connectivity index (χ0n) is 11.2. The van der Waals surface area contributed by atoms with Crippen LogP contribution in [0, 0.1) is 11.7 Å². The molecule has 0 aliphatic carbocycles. The van der Waals surface area contributed by atoms with Crippen molar-refractivity contribution in [3.05, 3.63) is 29.6 Å². The molecule has 0 aromatic heterocycles. The van der Waals surface area contributed by atoms with E-state index in [2.05, 4.69) is 0 Å². The lowest BCUT2D eigenvalue weighted by molar-refractivity contribution is -0.141. The fraction of sp³-hybridized carbons (Fsp3) is 0.462. The van der Waals surface area contributed by atoms with E-state index in [1.165, 1.54) is 0 Å². The molecule has 0 fully saturated rings. The van der Waals surface area contributed by atoms with Crippen molar-refractivity contribution in [2.75, 3.05) is 18.8 Å². The summed E-state index contributed by atoms with van der Waals surface area (Å²) in [5, 5.41) is 0. The first kappa shape index (κ1) is 16.3. The van der Waals surface area contributed by atoms with Crippen molar-refractivity contribution in [2.24, 2.45) is 5.92 Å². The standard InChI is InChI=1S/C13H16F4N2O/c1-8(2)6-19(7-13(15,16)17)12(20)10-5-9(14)3-4-11(10)18/h3-5,8H,6-7,18H2,1-2H3. The molecule has 1 amide bonds. The normalized spacial score (nSPS) is 11.8. The number of benzene rings is 1. The Morgan fingerprint density at radius 2 is 1.95 bits per heavy atom. The van der Waals surface area contributed by atoms with Crippen molar-refractivity contribution in [2.45, 2.75) is 20.0 Å². The van der Waals surface area contributed by atoms with Crippen LogP contribution in [0.4, 0.5) is 23.2 Å². The Labute approximate surface area is 114 Å². The average molecular weight is 292 g/mol. The molecular formula is C13H16F4N2O. The number of nitrogen functional groups attached to an aromatic ring is 1. The highest BCUT2D eigenvalue weighted by Crippen LogP contribution is 2.21. The van der Waals surface area contributed by atoms with Gasteiger partial charge >= 0.3 is 6.18 Å². The van der Waals surface area contributed by atoms with Crippen LogP contribution in [0.15, 0.2) is 18.2 Å². The Morgan fingerprint density at radius 1 is 1.35 bits per heavy atom. The number of alkyl halides is 3. The Morgan fingerprint density at radius 3 is 2.45 bits per heavy atom. The second-order valence-electron chi connectivity index (χ2n) is 4.93. The molecule has 3 nitrogen and oxygen atoms in total. The molecule has 7 heteroatoms. The van der Waals surface area contributed by atoms with Crippen molar-refractivity contribution in [1.82, 2.24) is 4.90 Å². The molecule has 0 saturated carbocycles. The first-order valence-electron chi connectivity index (χ1n) is 6.01. The van der Waals surface area contributed by atoms with Crippen LogP contribution in [0.5, 0.6) is 0 Å². The van der Waals surface area contributed by atoms with E-state index in [0.29, 0.717) is 4.90 Å². The van der Waals surface area contributed by atoms with Crippen LogP contribution in [0.2, 0.25) is 0 Å². The quantitative estimate of drug-likeness (QED) is 0.685. The summed E-state index contributed by atoms with van der Waals surface area (Å²) < 4.78 is 50.7. The van der Waals surface area contributed by atoms with Crippen LogP contribution >= 0.6 is 0 Å². The summed E-state index contributed by atoms with van der Waals surface area (Å²) in [5.41, 5.74) is 5.22. The molecular weight excluding hydrogens is 276 g/mol. The van der Waals surface area contributed by atoms with Gasteiger partial charge in [-0.1, -0.05) is 13.8 Å². The first-order valence-corrected chi connectivity index (χ1v) is 6.01. The first-order chi connectivity index (χ1) is 9.10. The zero-order valence-corrected chi connectivity index (χ0v) is 11.2. The van der Waals surface area contributed by atoms with Gasteiger partial charge in [0.25, 0.3) is 5.91 Å². The highest BCUT2D eigenvalue weighted by atomic mass is 19.4. The second kappa shape index (κ2) is 6.11. The summed E-state index contributed by atoms with van der Waals surface area (Å²) in [4.78, 5) is 12.7. The maximum atomic E-state index is 13.1. The van der Waals surface area contributed by atoms with E-state index in [4.69, 9.17) is 5.73 Å². The molecule has 2 N–H and O–H groups in total. The minimum Gasteiger partial charge on any atom is -0.398 e. The summed E-state index contributed by atoms with van der Waals surface area (Å²) >= 11 is 0. The molecule has 1 aromatic carbocycles. The van der Waals surface area contributed by atoms with E-state index >= 15 is 0 Å². The van der Waals surface area contributed by atoms with Crippen LogP contribution in [-0.4, -0.2) is 30.1 Å². The van der Waals surface area contributed by atoms with Gasteiger partial charge < -0.3 is 10.6 Å². The lowest BCUT2D eigenvalue weighted by atomic mass is 10.1. The SMILES string of the molecule is CC(C)CN(CC(F)(F)F)C(=O)c1cc(F)ccc1N. The molecule has 0 unspecified atom stereocenters. The van der Waals surface area contributed by atoms with Gasteiger partial charge in [0.1, 0.15) is 12.4 Å². The van der Waals surface area contributed by atoms with E-state index < -0.39 is 24.4 Å². The van der Waals surface area contributed by atoms with E-state index in [9.17, 15) is 22.4 Å². The van der Waals surface area contributed by atoms with Gasteiger partial charge in [0, 0.05) is 12.2 Å². The van der Waals surface area contributed by atoms with Gasteiger partial charge in [-0.05, 0) is 24.1 Å². The fourth-order valence-corrected chi connectivity index (χ4v) is 1.76. The fourth-order valence-electron chi connectivity index (χ4n) is 1.76. The summed E-state index contributed by atoms with van der Waals surface area (Å²) in [6.45, 7) is 1.89. The molecule has 0 aliphatic rings. The van der Waals surface area contributed by atoms with E-state index in [1.807, 2.05) is 0 Å². The molecule has 1 rings (SSSR count). The van der Waals surface area contributed by atoms with Crippen molar-refractivity contribution in [3.8, 4) is 0 Å². The number of nitrogens with zero attached hydrogens (tertiary/aromatic N) is 1. The molecule has 0 heterocycles. The van der Waals surface area contributed by atoms with E-state index in [-0.39, 0.29) is 23.7 Å². The summed E-state index contributed by atoms with van der Waals surface area (Å²) in [7, 11) is 0. The number of rotatable bonds is 4. The third-order valence-corrected chi connectivity index (χ3v) is 2.49. The Hall–Kier alpha value is -1.79. The van der Waals surface area contributed by atoms with Gasteiger partial charge in [0.05, 0.1) is 5.56 Å². The number of carbonyl (C=O) groups excluding carboxylic acids is 1. The molecule has 0 bridgehead atoms. The average Bonchev–Trinajstić information content (AvgIpc) is 2.28. The maximum absolute atomic E-state index is 13.1. The Bertz CT molecular complexity index is 486. The molecule has 0 aliphatic heterocycles. The molecule has 20 heavy (non-hydrogen) atoms. The zero-order chi connectivity index (χ0) is 15.5. The molecule has 0 atom stereocenters. The van der Waals surface area contributed by atoms with Crippen molar-refractivity contribution in [3.63, 3.8) is 0 Å². The smallest absolute Gasteiger partial charge is 0.398 e. The van der Waals surface area contributed by atoms with Gasteiger partial charge in [-0.3, -0.25) is 4.79 Å². The molecule has 0 radical (unpaired) electrons. The van der Waals surface area contributed by atoms with Crippen molar-refractivity contribution in [1.29, 1.82) is 0 Å². The third-order valence-electron chi connectivity index (χ3n) is 2.49. The van der Waals surface area contributed by atoms with Crippen LogP contribution in [0.1, 0.15) is 24.2 Å². The lowest BCUT2D eigenvalue weighted by Crippen LogP contribution is -2.41. The minimum absolute atomic E-state index is 0.0488. The van der Waals surface area contributed by atoms with Gasteiger partial charge in [0.2, 0.25) is 0 Å².